The monoisotopic (exact) mass is 287 g/mol. The quantitative estimate of drug-likeness (QED) is 0.774. The average Bonchev–Trinajstić information content (AvgIpc) is 3.07. The fourth-order valence-electron chi connectivity index (χ4n) is 4.68. The van der Waals surface area contributed by atoms with Gasteiger partial charge in [-0.05, 0) is 55.4 Å². The van der Waals surface area contributed by atoms with E-state index in [-0.39, 0.29) is 0 Å². The van der Waals surface area contributed by atoms with Crippen LogP contribution in [0.4, 0.5) is 0 Å². The SMILES string of the molecule is COCCNCC1(Cc2ccc(C)cc2)CC2CCC1C2. The first-order valence-electron chi connectivity index (χ1n) is 8.47. The van der Waals surface area contributed by atoms with Gasteiger partial charge in [-0.2, -0.15) is 0 Å². The maximum Gasteiger partial charge on any atom is 0.0587 e. The van der Waals surface area contributed by atoms with Crippen LogP contribution in [-0.2, 0) is 11.2 Å². The fraction of sp³-hybridized carbons (Fsp3) is 0.684. The molecule has 3 atom stereocenters. The zero-order valence-electron chi connectivity index (χ0n) is 13.5. The van der Waals surface area contributed by atoms with E-state index >= 15 is 0 Å². The van der Waals surface area contributed by atoms with Gasteiger partial charge < -0.3 is 10.1 Å². The zero-order valence-corrected chi connectivity index (χ0v) is 13.5. The summed E-state index contributed by atoms with van der Waals surface area (Å²) in [7, 11) is 1.78. The van der Waals surface area contributed by atoms with Crippen molar-refractivity contribution >= 4 is 0 Å². The molecule has 2 saturated carbocycles. The van der Waals surface area contributed by atoms with E-state index in [1.54, 1.807) is 7.11 Å². The van der Waals surface area contributed by atoms with Gasteiger partial charge in [0.25, 0.3) is 0 Å². The number of nitrogens with one attached hydrogen (secondary N) is 1. The third kappa shape index (κ3) is 3.32. The van der Waals surface area contributed by atoms with E-state index in [1.165, 1.54) is 43.2 Å². The molecule has 1 N–H and O–H groups in total. The number of rotatable bonds is 7. The standard InChI is InChI=1S/C19H29NO/c1-15-3-5-16(6-4-15)12-19(14-20-9-10-21-2)13-17-7-8-18(19)11-17/h3-6,17-18,20H,7-14H2,1-2H3. The van der Waals surface area contributed by atoms with Crippen LogP contribution < -0.4 is 5.32 Å². The van der Waals surface area contributed by atoms with Gasteiger partial charge >= 0.3 is 0 Å². The summed E-state index contributed by atoms with van der Waals surface area (Å²) in [5, 5.41) is 3.66. The summed E-state index contributed by atoms with van der Waals surface area (Å²) in [4.78, 5) is 0. The molecule has 0 radical (unpaired) electrons. The molecule has 116 valence electrons. The number of benzene rings is 1. The Balaban J connectivity index is 1.69. The molecule has 2 aliphatic carbocycles. The Labute approximate surface area is 129 Å². The first kappa shape index (κ1) is 15.1. The molecular formula is C19H29NO. The van der Waals surface area contributed by atoms with Crippen LogP contribution in [0.1, 0.15) is 36.8 Å². The summed E-state index contributed by atoms with van der Waals surface area (Å²) in [5.74, 6) is 1.92. The van der Waals surface area contributed by atoms with E-state index in [2.05, 4.69) is 36.5 Å². The highest BCUT2D eigenvalue weighted by atomic mass is 16.5. The van der Waals surface area contributed by atoms with Gasteiger partial charge in [-0.15, -0.1) is 0 Å². The van der Waals surface area contributed by atoms with Crippen molar-refractivity contribution in [2.45, 2.75) is 39.0 Å². The van der Waals surface area contributed by atoms with E-state index in [4.69, 9.17) is 4.74 Å². The minimum absolute atomic E-state index is 0.492. The fourth-order valence-corrected chi connectivity index (χ4v) is 4.68. The van der Waals surface area contributed by atoms with E-state index in [1.807, 2.05) is 0 Å². The summed E-state index contributed by atoms with van der Waals surface area (Å²) < 4.78 is 5.17. The second kappa shape index (κ2) is 6.50. The summed E-state index contributed by atoms with van der Waals surface area (Å²) in [6.45, 7) is 5.12. The zero-order chi connectivity index (χ0) is 14.7. The van der Waals surface area contributed by atoms with Crippen molar-refractivity contribution in [1.29, 1.82) is 0 Å². The third-order valence-corrected chi connectivity index (χ3v) is 5.74. The first-order valence-corrected chi connectivity index (χ1v) is 8.47. The predicted molar refractivity (Wildman–Crippen MR) is 87.5 cm³/mol. The van der Waals surface area contributed by atoms with Crippen LogP contribution >= 0.6 is 0 Å². The molecule has 0 aliphatic heterocycles. The molecule has 2 fully saturated rings. The largest absolute Gasteiger partial charge is 0.383 e. The summed E-state index contributed by atoms with van der Waals surface area (Å²) >= 11 is 0. The van der Waals surface area contributed by atoms with Crippen molar-refractivity contribution in [3.8, 4) is 0 Å². The Morgan fingerprint density at radius 3 is 2.67 bits per heavy atom. The lowest BCUT2D eigenvalue weighted by atomic mass is 9.69. The highest BCUT2D eigenvalue weighted by Gasteiger charge is 2.50. The number of hydrogen-bond donors (Lipinski definition) is 1. The van der Waals surface area contributed by atoms with E-state index in [9.17, 15) is 0 Å². The Morgan fingerprint density at radius 2 is 2.05 bits per heavy atom. The van der Waals surface area contributed by atoms with Crippen LogP contribution in [0.5, 0.6) is 0 Å². The smallest absolute Gasteiger partial charge is 0.0587 e. The first-order chi connectivity index (χ1) is 10.2. The average molecular weight is 287 g/mol. The molecule has 0 amide bonds. The van der Waals surface area contributed by atoms with Crippen LogP contribution in [-0.4, -0.2) is 26.8 Å². The van der Waals surface area contributed by atoms with Crippen molar-refractivity contribution < 1.29 is 4.74 Å². The summed E-state index contributed by atoms with van der Waals surface area (Å²) in [6, 6.07) is 9.18. The molecule has 1 aromatic carbocycles. The molecule has 0 spiro atoms. The highest BCUT2D eigenvalue weighted by molar-refractivity contribution is 5.23. The van der Waals surface area contributed by atoms with Crippen molar-refractivity contribution in [1.82, 2.24) is 5.32 Å². The molecule has 21 heavy (non-hydrogen) atoms. The number of aryl methyl sites for hydroxylation is 1. The molecular weight excluding hydrogens is 258 g/mol. The maximum atomic E-state index is 5.17. The van der Waals surface area contributed by atoms with Crippen LogP contribution in [0.2, 0.25) is 0 Å². The molecule has 2 bridgehead atoms. The normalized spacial score (nSPS) is 31.0. The highest BCUT2D eigenvalue weighted by Crippen LogP contribution is 2.57. The van der Waals surface area contributed by atoms with Gasteiger partial charge in [0.1, 0.15) is 0 Å². The van der Waals surface area contributed by atoms with Crippen LogP contribution in [0.15, 0.2) is 24.3 Å². The van der Waals surface area contributed by atoms with Gasteiger partial charge in [0.2, 0.25) is 0 Å². The van der Waals surface area contributed by atoms with Gasteiger partial charge in [-0.3, -0.25) is 0 Å². The lowest BCUT2D eigenvalue weighted by Gasteiger charge is -2.38. The molecule has 3 unspecified atom stereocenters. The lowest BCUT2D eigenvalue weighted by Crippen LogP contribution is -2.41. The van der Waals surface area contributed by atoms with Gasteiger partial charge in [0.05, 0.1) is 6.61 Å². The summed E-state index contributed by atoms with van der Waals surface area (Å²) in [5.41, 5.74) is 3.37. The van der Waals surface area contributed by atoms with Crippen LogP contribution in [0, 0.1) is 24.2 Å². The van der Waals surface area contributed by atoms with Gasteiger partial charge in [0.15, 0.2) is 0 Å². The molecule has 0 aromatic heterocycles. The van der Waals surface area contributed by atoms with Crippen molar-refractivity contribution in [2.24, 2.45) is 17.3 Å². The molecule has 2 heteroatoms. The molecule has 3 rings (SSSR count). The Hall–Kier alpha value is -0.860. The number of ether oxygens (including phenoxy) is 1. The minimum Gasteiger partial charge on any atom is -0.383 e. The molecule has 2 nitrogen and oxygen atoms in total. The Morgan fingerprint density at radius 1 is 1.24 bits per heavy atom. The van der Waals surface area contributed by atoms with Crippen molar-refractivity contribution in [2.75, 3.05) is 26.8 Å². The second-order valence-corrected chi connectivity index (χ2v) is 7.27. The Bertz CT molecular complexity index is 455. The predicted octanol–water partition coefficient (Wildman–Crippen LogP) is 3.58. The molecule has 0 heterocycles. The van der Waals surface area contributed by atoms with Crippen molar-refractivity contribution in [3.63, 3.8) is 0 Å². The second-order valence-electron chi connectivity index (χ2n) is 7.27. The lowest BCUT2D eigenvalue weighted by molar-refractivity contribution is 0.145. The molecule has 1 aromatic rings. The van der Waals surface area contributed by atoms with Crippen molar-refractivity contribution in [3.05, 3.63) is 35.4 Å². The third-order valence-electron chi connectivity index (χ3n) is 5.74. The van der Waals surface area contributed by atoms with Gasteiger partial charge in [-0.1, -0.05) is 36.2 Å². The topological polar surface area (TPSA) is 21.3 Å². The maximum absolute atomic E-state index is 5.17. The number of hydrogen-bond acceptors (Lipinski definition) is 2. The van der Waals surface area contributed by atoms with E-state index in [0.29, 0.717) is 5.41 Å². The number of methoxy groups -OCH3 is 1. The van der Waals surface area contributed by atoms with Gasteiger partial charge in [0, 0.05) is 20.2 Å². The van der Waals surface area contributed by atoms with Crippen LogP contribution in [0.25, 0.3) is 0 Å². The molecule has 2 aliphatic rings. The van der Waals surface area contributed by atoms with E-state index < -0.39 is 0 Å². The van der Waals surface area contributed by atoms with Crippen LogP contribution in [0.3, 0.4) is 0 Å². The Kier molecular flexibility index (Phi) is 4.66. The summed E-state index contributed by atoms with van der Waals surface area (Å²) in [6.07, 6.45) is 7.05. The van der Waals surface area contributed by atoms with Gasteiger partial charge in [-0.25, -0.2) is 0 Å². The van der Waals surface area contributed by atoms with E-state index in [0.717, 1.165) is 31.5 Å². The minimum atomic E-state index is 0.492. The molecule has 0 saturated heterocycles. The number of fused-ring (bicyclic) bond motifs is 2.